The largest absolute Gasteiger partial charge is 0.446 e. The molecule has 138 valence electrons. The van der Waals surface area contributed by atoms with Gasteiger partial charge in [-0.25, -0.2) is 18.0 Å². The molecule has 2 N–H and O–H groups in total. The summed E-state index contributed by atoms with van der Waals surface area (Å²) in [4.78, 5) is 22.6. The summed E-state index contributed by atoms with van der Waals surface area (Å²) in [5.74, 6) is -5.04. The fourth-order valence-corrected chi connectivity index (χ4v) is 2.37. The first-order valence-electron chi connectivity index (χ1n) is 6.68. The molecular formula is C15H8F6N2O2S. The van der Waals surface area contributed by atoms with E-state index in [-0.39, 0.29) is 5.69 Å². The van der Waals surface area contributed by atoms with Crippen molar-refractivity contribution in [3.05, 3.63) is 59.4 Å². The second-order valence-corrected chi connectivity index (χ2v) is 5.80. The van der Waals surface area contributed by atoms with E-state index in [0.717, 1.165) is 30.3 Å². The van der Waals surface area contributed by atoms with Crippen molar-refractivity contribution in [1.29, 1.82) is 0 Å². The smallest absolute Gasteiger partial charge is 0.308 e. The van der Waals surface area contributed by atoms with E-state index < -0.39 is 57.1 Å². The van der Waals surface area contributed by atoms with Crippen LogP contribution >= 0.6 is 11.8 Å². The number of rotatable bonds is 3. The van der Waals surface area contributed by atoms with Crippen LogP contribution in [0.15, 0.2) is 41.3 Å². The number of anilines is 1. The molecule has 4 nitrogen and oxygen atoms in total. The molecule has 2 aromatic rings. The summed E-state index contributed by atoms with van der Waals surface area (Å²) in [7, 11) is 0. The number of imide groups is 1. The van der Waals surface area contributed by atoms with Gasteiger partial charge < -0.3 is 5.32 Å². The number of halogens is 6. The predicted octanol–water partition coefficient (Wildman–Crippen LogP) is 4.68. The summed E-state index contributed by atoms with van der Waals surface area (Å²) < 4.78 is 77.1. The highest BCUT2D eigenvalue weighted by Crippen LogP contribution is 2.38. The van der Waals surface area contributed by atoms with E-state index in [1.165, 1.54) is 0 Å². The second kappa shape index (κ2) is 7.68. The van der Waals surface area contributed by atoms with Crippen molar-refractivity contribution in [1.82, 2.24) is 5.32 Å². The van der Waals surface area contributed by atoms with Crippen molar-refractivity contribution in [2.45, 2.75) is 10.4 Å². The summed E-state index contributed by atoms with van der Waals surface area (Å²) in [6.45, 7) is 0. The molecule has 0 aliphatic carbocycles. The molecule has 0 bridgehead atoms. The van der Waals surface area contributed by atoms with Crippen LogP contribution in [-0.2, 0) is 0 Å². The topological polar surface area (TPSA) is 58.2 Å². The molecule has 0 fully saturated rings. The lowest BCUT2D eigenvalue weighted by atomic mass is 10.2. The van der Waals surface area contributed by atoms with Crippen molar-refractivity contribution >= 4 is 29.4 Å². The van der Waals surface area contributed by atoms with Gasteiger partial charge in [0.1, 0.15) is 23.0 Å². The van der Waals surface area contributed by atoms with Gasteiger partial charge in [0.2, 0.25) is 0 Å². The van der Waals surface area contributed by atoms with E-state index in [1.807, 2.05) is 5.32 Å². The number of urea groups is 1. The summed E-state index contributed by atoms with van der Waals surface area (Å²) in [6, 6.07) is 3.72. The van der Waals surface area contributed by atoms with Gasteiger partial charge in [0.15, 0.2) is 0 Å². The SMILES string of the molecule is O=C(NC(=O)c1c(F)cccc1F)Nc1ccc(SC(F)(F)F)c(F)c1. The van der Waals surface area contributed by atoms with Gasteiger partial charge in [-0.1, -0.05) is 6.07 Å². The molecule has 0 atom stereocenters. The molecule has 0 unspecified atom stereocenters. The maximum atomic E-state index is 13.6. The van der Waals surface area contributed by atoms with Gasteiger partial charge in [0, 0.05) is 5.69 Å². The molecule has 0 spiro atoms. The highest BCUT2D eigenvalue weighted by atomic mass is 32.2. The van der Waals surface area contributed by atoms with Crippen LogP contribution in [-0.4, -0.2) is 17.4 Å². The van der Waals surface area contributed by atoms with Gasteiger partial charge in [-0.05, 0) is 42.1 Å². The number of amides is 3. The molecule has 0 aliphatic rings. The third-order valence-electron chi connectivity index (χ3n) is 2.83. The standard InChI is InChI=1S/C15H8F6N2O2S/c16-8-2-1-3-9(17)12(8)13(24)23-14(25)22-7-4-5-11(10(18)6-7)26-15(19,20)21/h1-6H,(H2,22,23,24,25). The zero-order valence-corrected chi connectivity index (χ0v) is 13.3. The second-order valence-electron chi connectivity index (χ2n) is 4.70. The van der Waals surface area contributed by atoms with Gasteiger partial charge in [0.05, 0.1) is 4.90 Å². The van der Waals surface area contributed by atoms with Crippen molar-refractivity contribution < 1.29 is 35.9 Å². The highest BCUT2D eigenvalue weighted by molar-refractivity contribution is 8.00. The maximum absolute atomic E-state index is 13.6. The van der Waals surface area contributed by atoms with Gasteiger partial charge in [-0.2, -0.15) is 13.2 Å². The fourth-order valence-electron chi connectivity index (χ4n) is 1.83. The molecule has 3 amide bonds. The first-order chi connectivity index (χ1) is 12.1. The Hall–Kier alpha value is -2.69. The molecule has 0 aromatic heterocycles. The molecule has 0 saturated carbocycles. The van der Waals surface area contributed by atoms with Crippen LogP contribution in [0.2, 0.25) is 0 Å². The Morgan fingerprint density at radius 2 is 1.54 bits per heavy atom. The zero-order chi connectivity index (χ0) is 19.5. The van der Waals surface area contributed by atoms with E-state index >= 15 is 0 Å². The molecule has 2 aromatic carbocycles. The van der Waals surface area contributed by atoms with Crippen LogP contribution in [0, 0.1) is 17.5 Å². The van der Waals surface area contributed by atoms with Crippen LogP contribution in [0.25, 0.3) is 0 Å². The Morgan fingerprint density at radius 1 is 0.923 bits per heavy atom. The Balaban J connectivity index is 2.06. The Bertz CT molecular complexity index is 836. The van der Waals surface area contributed by atoms with E-state index in [4.69, 9.17) is 0 Å². The van der Waals surface area contributed by atoms with Crippen LogP contribution in [0.4, 0.5) is 36.8 Å². The third kappa shape index (κ3) is 5.15. The summed E-state index contributed by atoms with van der Waals surface area (Å²) in [5, 5.41) is 3.59. The minimum Gasteiger partial charge on any atom is -0.308 e. The van der Waals surface area contributed by atoms with Gasteiger partial charge in [0.25, 0.3) is 5.91 Å². The van der Waals surface area contributed by atoms with E-state index in [1.54, 1.807) is 5.32 Å². The third-order valence-corrected chi connectivity index (χ3v) is 3.61. The first kappa shape index (κ1) is 19.6. The Labute approximate surface area is 146 Å². The molecule has 0 heterocycles. The lowest BCUT2D eigenvalue weighted by Gasteiger charge is -2.10. The number of hydrogen-bond donors (Lipinski definition) is 2. The number of thioether (sulfide) groups is 1. The summed E-state index contributed by atoms with van der Waals surface area (Å²) in [5.41, 5.74) is -5.96. The number of carbonyl (C=O) groups is 2. The van der Waals surface area contributed by atoms with Crippen molar-refractivity contribution in [3.8, 4) is 0 Å². The van der Waals surface area contributed by atoms with E-state index in [2.05, 4.69) is 0 Å². The van der Waals surface area contributed by atoms with E-state index in [9.17, 15) is 35.9 Å². The number of hydrogen-bond acceptors (Lipinski definition) is 3. The molecule has 0 saturated heterocycles. The van der Waals surface area contributed by atoms with Crippen LogP contribution in [0.1, 0.15) is 10.4 Å². The van der Waals surface area contributed by atoms with Crippen LogP contribution < -0.4 is 10.6 Å². The van der Waals surface area contributed by atoms with Gasteiger partial charge in [-0.15, -0.1) is 0 Å². The number of benzene rings is 2. The normalized spacial score (nSPS) is 11.2. The molecular weight excluding hydrogens is 386 g/mol. The molecule has 11 heteroatoms. The van der Waals surface area contributed by atoms with Gasteiger partial charge >= 0.3 is 11.5 Å². The molecule has 26 heavy (non-hydrogen) atoms. The fraction of sp³-hybridized carbons (Fsp3) is 0.0667. The quantitative estimate of drug-likeness (QED) is 0.587. The van der Waals surface area contributed by atoms with Crippen LogP contribution in [0.5, 0.6) is 0 Å². The number of carbonyl (C=O) groups excluding carboxylic acids is 2. The van der Waals surface area contributed by atoms with Crippen LogP contribution in [0.3, 0.4) is 0 Å². The van der Waals surface area contributed by atoms with Gasteiger partial charge in [-0.3, -0.25) is 10.1 Å². The Kier molecular flexibility index (Phi) is 5.80. The number of alkyl halides is 3. The molecule has 2 rings (SSSR count). The lowest BCUT2D eigenvalue weighted by Crippen LogP contribution is -2.35. The van der Waals surface area contributed by atoms with Crippen molar-refractivity contribution in [2.75, 3.05) is 5.32 Å². The number of nitrogens with one attached hydrogen (secondary N) is 2. The predicted molar refractivity (Wildman–Crippen MR) is 81.2 cm³/mol. The molecule has 0 aliphatic heterocycles. The average Bonchev–Trinajstić information content (AvgIpc) is 2.48. The summed E-state index contributed by atoms with van der Waals surface area (Å²) >= 11 is -0.675. The maximum Gasteiger partial charge on any atom is 0.446 e. The van der Waals surface area contributed by atoms with Crippen molar-refractivity contribution in [2.24, 2.45) is 0 Å². The lowest BCUT2D eigenvalue weighted by molar-refractivity contribution is -0.0329. The first-order valence-corrected chi connectivity index (χ1v) is 7.50. The minimum atomic E-state index is -4.69. The minimum absolute atomic E-state index is 0.270. The molecule has 0 radical (unpaired) electrons. The highest BCUT2D eigenvalue weighted by Gasteiger charge is 2.30. The monoisotopic (exact) mass is 394 g/mol. The zero-order valence-electron chi connectivity index (χ0n) is 12.5. The summed E-state index contributed by atoms with van der Waals surface area (Å²) in [6.07, 6.45) is 0. The van der Waals surface area contributed by atoms with E-state index in [0.29, 0.717) is 6.07 Å². The van der Waals surface area contributed by atoms with Crippen molar-refractivity contribution in [3.63, 3.8) is 0 Å². The Morgan fingerprint density at radius 3 is 2.08 bits per heavy atom. The average molecular weight is 394 g/mol.